The molecule has 1 aromatic carbocycles. The summed E-state index contributed by atoms with van der Waals surface area (Å²) in [7, 11) is 3.35. The van der Waals surface area contributed by atoms with Gasteiger partial charge in [0.15, 0.2) is 11.5 Å². The molecule has 0 bridgehead atoms. The molecular weight excluding hydrogens is 242 g/mol. The van der Waals surface area contributed by atoms with Gasteiger partial charge < -0.3 is 19.5 Å². The summed E-state index contributed by atoms with van der Waals surface area (Å²) in [5.74, 6) is 1.63. The Morgan fingerprint density at radius 3 is 2.89 bits per heavy atom. The van der Waals surface area contributed by atoms with Crippen LogP contribution in [0.3, 0.4) is 0 Å². The second-order valence-corrected chi connectivity index (χ2v) is 4.74. The summed E-state index contributed by atoms with van der Waals surface area (Å²) in [5, 5.41) is 3.44. The van der Waals surface area contributed by atoms with Gasteiger partial charge in [-0.1, -0.05) is 12.1 Å². The summed E-state index contributed by atoms with van der Waals surface area (Å²) in [5.41, 5.74) is 1.17. The molecule has 4 heteroatoms. The molecule has 1 saturated heterocycles. The van der Waals surface area contributed by atoms with Gasteiger partial charge in [-0.25, -0.2) is 0 Å². The highest BCUT2D eigenvalue weighted by atomic mass is 16.5. The third kappa shape index (κ3) is 3.85. The van der Waals surface area contributed by atoms with Crippen LogP contribution in [0.2, 0.25) is 0 Å². The van der Waals surface area contributed by atoms with Crippen LogP contribution in [0.15, 0.2) is 18.2 Å². The van der Waals surface area contributed by atoms with Gasteiger partial charge in [-0.15, -0.1) is 0 Å². The topological polar surface area (TPSA) is 39.7 Å². The molecule has 0 aromatic heterocycles. The zero-order chi connectivity index (χ0) is 13.5. The van der Waals surface area contributed by atoms with Crippen LogP contribution in [0, 0.1) is 0 Å². The Hall–Kier alpha value is -1.26. The molecule has 0 saturated carbocycles. The van der Waals surface area contributed by atoms with Crippen molar-refractivity contribution in [2.45, 2.75) is 25.4 Å². The number of rotatable bonds is 7. The van der Waals surface area contributed by atoms with E-state index in [4.69, 9.17) is 14.2 Å². The van der Waals surface area contributed by atoms with Gasteiger partial charge in [0.2, 0.25) is 0 Å². The van der Waals surface area contributed by atoms with Crippen molar-refractivity contribution in [3.05, 3.63) is 23.8 Å². The first kappa shape index (κ1) is 14.2. The van der Waals surface area contributed by atoms with Crippen LogP contribution in [-0.4, -0.2) is 40.0 Å². The van der Waals surface area contributed by atoms with Gasteiger partial charge in [0.25, 0.3) is 0 Å². The predicted molar refractivity (Wildman–Crippen MR) is 75.1 cm³/mol. The van der Waals surface area contributed by atoms with Crippen LogP contribution in [0.4, 0.5) is 0 Å². The lowest BCUT2D eigenvalue weighted by molar-refractivity contribution is 0.110. The van der Waals surface area contributed by atoms with Crippen LogP contribution in [0.5, 0.6) is 11.5 Å². The monoisotopic (exact) mass is 265 g/mol. The molecular formula is C15H23NO3. The van der Waals surface area contributed by atoms with Crippen molar-refractivity contribution in [3.8, 4) is 11.5 Å². The first-order valence-electron chi connectivity index (χ1n) is 6.87. The number of methoxy groups -OCH3 is 2. The third-order valence-electron chi connectivity index (χ3n) is 3.45. The molecule has 1 aromatic rings. The Kier molecular flexibility index (Phi) is 5.48. The Morgan fingerprint density at radius 1 is 1.32 bits per heavy atom. The van der Waals surface area contributed by atoms with Crippen molar-refractivity contribution in [2.75, 3.05) is 33.9 Å². The Balaban J connectivity index is 1.81. The second-order valence-electron chi connectivity index (χ2n) is 4.74. The fraction of sp³-hybridized carbons (Fsp3) is 0.600. The number of para-hydroxylation sites is 1. The van der Waals surface area contributed by atoms with E-state index in [1.54, 1.807) is 14.2 Å². The number of hydrogen-bond donors (Lipinski definition) is 1. The maximum Gasteiger partial charge on any atom is 0.163 e. The zero-order valence-electron chi connectivity index (χ0n) is 11.8. The fourth-order valence-corrected chi connectivity index (χ4v) is 2.44. The summed E-state index contributed by atoms with van der Waals surface area (Å²) in [6.45, 7) is 2.77. The molecule has 1 heterocycles. The lowest BCUT2D eigenvalue weighted by Gasteiger charge is -2.14. The summed E-state index contributed by atoms with van der Waals surface area (Å²) >= 11 is 0. The normalized spacial score (nSPS) is 18.5. The Bertz CT molecular complexity index is 389. The van der Waals surface area contributed by atoms with E-state index < -0.39 is 0 Å². The van der Waals surface area contributed by atoms with Crippen LogP contribution in [-0.2, 0) is 11.2 Å². The number of nitrogens with one attached hydrogen (secondary N) is 1. The van der Waals surface area contributed by atoms with Crippen molar-refractivity contribution >= 4 is 0 Å². The maximum absolute atomic E-state index is 5.58. The van der Waals surface area contributed by atoms with Gasteiger partial charge in [-0.3, -0.25) is 0 Å². The van der Waals surface area contributed by atoms with E-state index in [2.05, 4.69) is 11.4 Å². The first-order valence-corrected chi connectivity index (χ1v) is 6.87. The Morgan fingerprint density at radius 2 is 2.21 bits per heavy atom. The Labute approximate surface area is 115 Å². The molecule has 19 heavy (non-hydrogen) atoms. The largest absolute Gasteiger partial charge is 0.493 e. The van der Waals surface area contributed by atoms with Crippen molar-refractivity contribution < 1.29 is 14.2 Å². The molecule has 1 aliphatic rings. The fourth-order valence-electron chi connectivity index (χ4n) is 2.44. The summed E-state index contributed by atoms with van der Waals surface area (Å²) < 4.78 is 16.3. The highest BCUT2D eigenvalue weighted by molar-refractivity contribution is 5.46. The van der Waals surface area contributed by atoms with Crippen LogP contribution >= 0.6 is 0 Å². The lowest BCUT2D eigenvalue weighted by Crippen LogP contribution is -2.28. The predicted octanol–water partition coefficient (Wildman–Crippen LogP) is 2.01. The maximum atomic E-state index is 5.58. The van der Waals surface area contributed by atoms with E-state index in [0.717, 1.165) is 37.6 Å². The molecule has 0 radical (unpaired) electrons. The van der Waals surface area contributed by atoms with E-state index in [0.29, 0.717) is 6.10 Å². The minimum atomic E-state index is 0.396. The molecule has 106 valence electrons. The molecule has 1 atom stereocenters. The van der Waals surface area contributed by atoms with Gasteiger partial charge in [-0.05, 0) is 37.4 Å². The van der Waals surface area contributed by atoms with Crippen molar-refractivity contribution in [1.82, 2.24) is 5.32 Å². The molecule has 1 fully saturated rings. The van der Waals surface area contributed by atoms with Gasteiger partial charge in [0, 0.05) is 13.2 Å². The number of hydrogen-bond acceptors (Lipinski definition) is 4. The summed E-state index contributed by atoms with van der Waals surface area (Å²) in [4.78, 5) is 0. The second kappa shape index (κ2) is 7.36. The molecule has 4 nitrogen and oxygen atoms in total. The average molecular weight is 265 g/mol. The zero-order valence-corrected chi connectivity index (χ0v) is 11.8. The van der Waals surface area contributed by atoms with E-state index in [1.807, 2.05) is 12.1 Å². The quantitative estimate of drug-likeness (QED) is 0.766. The third-order valence-corrected chi connectivity index (χ3v) is 3.45. The molecule has 2 rings (SSSR count). The van der Waals surface area contributed by atoms with Gasteiger partial charge in [0.1, 0.15) is 0 Å². The smallest absolute Gasteiger partial charge is 0.163 e. The highest BCUT2D eigenvalue weighted by Crippen LogP contribution is 2.30. The average Bonchev–Trinajstić information content (AvgIpc) is 2.96. The van der Waals surface area contributed by atoms with Crippen molar-refractivity contribution in [2.24, 2.45) is 0 Å². The van der Waals surface area contributed by atoms with Crippen molar-refractivity contribution in [3.63, 3.8) is 0 Å². The van der Waals surface area contributed by atoms with E-state index >= 15 is 0 Å². The SMILES string of the molecule is COc1cccc(CCNCC2CCCO2)c1OC. The van der Waals surface area contributed by atoms with Crippen molar-refractivity contribution in [1.29, 1.82) is 0 Å². The van der Waals surface area contributed by atoms with E-state index in [9.17, 15) is 0 Å². The highest BCUT2D eigenvalue weighted by Gasteiger charge is 2.14. The van der Waals surface area contributed by atoms with Gasteiger partial charge in [0.05, 0.1) is 20.3 Å². The van der Waals surface area contributed by atoms with Crippen LogP contribution in [0.25, 0.3) is 0 Å². The first-order chi connectivity index (χ1) is 9.35. The molecule has 1 N–H and O–H groups in total. The molecule has 0 aliphatic carbocycles. The van der Waals surface area contributed by atoms with Crippen LogP contribution < -0.4 is 14.8 Å². The molecule has 0 spiro atoms. The number of ether oxygens (including phenoxy) is 3. The number of benzene rings is 1. The minimum Gasteiger partial charge on any atom is -0.493 e. The summed E-state index contributed by atoms with van der Waals surface area (Å²) in [6.07, 6.45) is 3.69. The molecule has 1 unspecified atom stereocenters. The van der Waals surface area contributed by atoms with Gasteiger partial charge in [-0.2, -0.15) is 0 Å². The standard InChI is InChI=1S/C15H23NO3/c1-17-14-7-3-5-12(15(14)18-2)8-9-16-11-13-6-4-10-19-13/h3,5,7,13,16H,4,6,8-11H2,1-2H3. The lowest BCUT2D eigenvalue weighted by atomic mass is 10.1. The summed E-state index contributed by atoms with van der Waals surface area (Å²) in [6, 6.07) is 5.99. The molecule has 1 aliphatic heterocycles. The minimum absolute atomic E-state index is 0.396. The van der Waals surface area contributed by atoms with Crippen LogP contribution in [0.1, 0.15) is 18.4 Å². The van der Waals surface area contributed by atoms with E-state index in [1.165, 1.54) is 18.4 Å². The van der Waals surface area contributed by atoms with E-state index in [-0.39, 0.29) is 0 Å². The van der Waals surface area contributed by atoms with Gasteiger partial charge >= 0.3 is 0 Å². The molecule has 0 amide bonds.